The Hall–Kier alpha value is -0.0300. The van der Waals surface area contributed by atoms with E-state index in [0.717, 1.165) is 39.0 Å². The Morgan fingerprint density at radius 2 is 1.80 bits per heavy atom. The van der Waals surface area contributed by atoms with E-state index in [1.807, 2.05) is 0 Å². The average molecular weight is 257 g/mol. The van der Waals surface area contributed by atoms with Crippen molar-refractivity contribution in [1.29, 1.82) is 0 Å². The molecule has 0 aromatic heterocycles. The van der Waals surface area contributed by atoms with Gasteiger partial charge in [-0.1, -0.05) is 0 Å². The fourth-order valence-corrected chi connectivity index (χ4v) is 2.03. The van der Waals surface area contributed by atoms with Crippen molar-refractivity contribution < 1.29 is 9.90 Å². The van der Waals surface area contributed by atoms with E-state index in [1.165, 1.54) is 0 Å². The molecule has 1 unspecified atom stereocenters. The third-order valence-electron chi connectivity index (χ3n) is 2.87. The van der Waals surface area contributed by atoms with E-state index in [0.29, 0.717) is 5.92 Å². The lowest BCUT2D eigenvalue weighted by Crippen LogP contribution is -2.52. The first kappa shape index (κ1) is 15.0. The van der Waals surface area contributed by atoms with Gasteiger partial charge in [-0.3, -0.25) is 9.69 Å². The zero-order valence-corrected chi connectivity index (χ0v) is 10.1. The van der Waals surface area contributed by atoms with Crippen molar-refractivity contribution in [3.63, 3.8) is 0 Å². The number of nitrogens with zero attached hydrogens (tertiary/aromatic N) is 1. The molecule has 2 fully saturated rings. The maximum absolute atomic E-state index is 11.0. The third-order valence-corrected chi connectivity index (χ3v) is 2.87. The van der Waals surface area contributed by atoms with Crippen LogP contribution in [0.25, 0.3) is 0 Å². The number of carboxylic acid groups (broad SMARTS) is 1. The molecule has 0 aromatic rings. The van der Waals surface area contributed by atoms with Gasteiger partial charge in [0.25, 0.3) is 0 Å². The molecule has 0 bridgehead atoms. The van der Waals surface area contributed by atoms with Gasteiger partial charge in [0.1, 0.15) is 6.04 Å². The zero-order valence-electron chi connectivity index (χ0n) is 8.52. The van der Waals surface area contributed by atoms with Crippen LogP contribution in [-0.2, 0) is 4.79 Å². The van der Waals surface area contributed by atoms with Gasteiger partial charge in [0.15, 0.2) is 0 Å². The standard InChI is InChI=1S/C9H16N2O2.2ClH/c12-9(13)8(7-1-2-7)11-5-3-10-4-6-11;;/h7-8,10H,1-6H2,(H,12,13);2*1H. The summed E-state index contributed by atoms with van der Waals surface area (Å²) in [5.41, 5.74) is 0. The fourth-order valence-electron chi connectivity index (χ4n) is 2.03. The van der Waals surface area contributed by atoms with E-state index >= 15 is 0 Å². The molecule has 4 nitrogen and oxygen atoms in total. The minimum atomic E-state index is -0.635. The van der Waals surface area contributed by atoms with Gasteiger partial charge in [-0.15, -0.1) is 24.8 Å². The van der Waals surface area contributed by atoms with Gasteiger partial charge in [0, 0.05) is 26.2 Å². The minimum Gasteiger partial charge on any atom is -0.480 e. The van der Waals surface area contributed by atoms with Crippen molar-refractivity contribution in [3.8, 4) is 0 Å². The largest absolute Gasteiger partial charge is 0.480 e. The highest BCUT2D eigenvalue weighted by molar-refractivity contribution is 5.85. The monoisotopic (exact) mass is 256 g/mol. The topological polar surface area (TPSA) is 52.6 Å². The number of nitrogens with one attached hydrogen (secondary N) is 1. The number of rotatable bonds is 3. The average Bonchev–Trinajstić information content (AvgIpc) is 2.90. The highest BCUT2D eigenvalue weighted by Gasteiger charge is 2.40. The summed E-state index contributed by atoms with van der Waals surface area (Å²) in [6.45, 7) is 3.62. The maximum Gasteiger partial charge on any atom is 0.321 e. The molecule has 0 spiro atoms. The lowest BCUT2D eigenvalue weighted by Gasteiger charge is -2.32. The Balaban J connectivity index is 0.000000980. The molecule has 2 aliphatic rings. The number of carbonyl (C=O) groups is 1. The summed E-state index contributed by atoms with van der Waals surface area (Å²) in [4.78, 5) is 13.1. The Kier molecular flexibility index (Phi) is 6.52. The second-order valence-corrected chi connectivity index (χ2v) is 3.91. The summed E-state index contributed by atoms with van der Waals surface area (Å²) < 4.78 is 0. The first-order valence-corrected chi connectivity index (χ1v) is 4.96. The quantitative estimate of drug-likeness (QED) is 0.777. The Labute approximate surface area is 102 Å². The molecule has 0 radical (unpaired) electrons. The Bertz CT molecular complexity index is 206. The summed E-state index contributed by atoms with van der Waals surface area (Å²) in [6.07, 6.45) is 2.20. The highest BCUT2D eigenvalue weighted by Crippen LogP contribution is 2.35. The summed E-state index contributed by atoms with van der Waals surface area (Å²) in [5, 5.41) is 12.3. The molecule has 1 heterocycles. The van der Waals surface area contributed by atoms with Crippen molar-refractivity contribution in [2.75, 3.05) is 26.2 Å². The molecule has 15 heavy (non-hydrogen) atoms. The van der Waals surface area contributed by atoms with E-state index in [-0.39, 0.29) is 30.9 Å². The molecule has 1 aliphatic heterocycles. The Morgan fingerprint density at radius 1 is 1.27 bits per heavy atom. The van der Waals surface area contributed by atoms with E-state index in [4.69, 9.17) is 5.11 Å². The number of hydrogen-bond acceptors (Lipinski definition) is 3. The maximum atomic E-state index is 11.0. The summed E-state index contributed by atoms with van der Waals surface area (Å²) in [5.74, 6) is -0.208. The van der Waals surface area contributed by atoms with Crippen molar-refractivity contribution in [3.05, 3.63) is 0 Å². The van der Waals surface area contributed by atoms with Crippen LogP contribution in [0, 0.1) is 5.92 Å². The van der Waals surface area contributed by atoms with E-state index in [2.05, 4.69) is 10.2 Å². The molecule has 1 atom stereocenters. The molecule has 1 aliphatic carbocycles. The number of carboxylic acids is 1. The first-order chi connectivity index (χ1) is 6.29. The number of halogens is 2. The SMILES string of the molecule is Cl.Cl.O=C(O)C(C1CC1)N1CCNCC1. The predicted molar refractivity (Wildman–Crippen MR) is 63.1 cm³/mol. The molecule has 2 N–H and O–H groups in total. The van der Waals surface area contributed by atoms with Crippen LogP contribution in [0.3, 0.4) is 0 Å². The Morgan fingerprint density at radius 3 is 2.20 bits per heavy atom. The molecule has 0 amide bonds. The van der Waals surface area contributed by atoms with Crippen molar-refractivity contribution >= 4 is 30.8 Å². The lowest BCUT2D eigenvalue weighted by atomic mass is 10.1. The van der Waals surface area contributed by atoms with Crippen LogP contribution in [0.1, 0.15) is 12.8 Å². The minimum absolute atomic E-state index is 0. The van der Waals surface area contributed by atoms with Crippen LogP contribution in [0.5, 0.6) is 0 Å². The smallest absolute Gasteiger partial charge is 0.321 e. The lowest BCUT2D eigenvalue weighted by molar-refractivity contribution is -0.144. The second-order valence-electron chi connectivity index (χ2n) is 3.91. The predicted octanol–water partition coefficient (Wildman–Crippen LogP) is 0.598. The molecular formula is C9H18Cl2N2O2. The van der Waals surface area contributed by atoms with Crippen LogP contribution < -0.4 is 5.32 Å². The van der Waals surface area contributed by atoms with Crippen LogP contribution in [0.15, 0.2) is 0 Å². The summed E-state index contributed by atoms with van der Waals surface area (Å²) in [7, 11) is 0. The van der Waals surface area contributed by atoms with Crippen LogP contribution >= 0.6 is 24.8 Å². The first-order valence-electron chi connectivity index (χ1n) is 4.96. The van der Waals surface area contributed by atoms with E-state index in [9.17, 15) is 4.79 Å². The van der Waals surface area contributed by atoms with Crippen LogP contribution in [0.4, 0.5) is 0 Å². The van der Waals surface area contributed by atoms with Crippen LogP contribution in [0.2, 0.25) is 0 Å². The molecule has 0 aromatic carbocycles. The van der Waals surface area contributed by atoms with Gasteiger partial charge < -0.3 is 10.4 Å². The van der Waals surface area contributed by atoms with Gasteiger partial charge in [-0.25, -0.2) is 0 Å². The zero-order chi connectivity index (χ0) is 9.26. The summed E-state index contributed by atoms with van der Waals surface area (Å²) >= 11 is 0. The number of piperazine rings is 1. The van der Waals surface area contributed by atoms with Crippen molar-refractivity contribution in [2.45, 2.75) is 18.9 Å². The van der Waals surface area contributed by atoms with Gasteiger partial charge in [0.2, 0.25) is 0 Å². The second kappa shape index (κ2) is 6.53. The van der Waals surface area contributed by atoms with Crippen molar-refractivity contribution in [2.24, 2.45) is 5.92 Å². The van der Waals surface area contributed by atoms with Gasteiger partial charge >= 0.3 is 5.97 Å². The van der Waals surface area contributed by atoms with Gasteiger partial charge in [0.05, 0.1) is 0 Å². The molecule has 2 rings (SSSR count). The van der Waals surface area contributed by atoms with E-state index < -0.39 is 5.97 Å². The van der Waals surface area contributed by atoms with Gasteiger partial charge in [-0.05, 0) is 18.8 Å². The number of hydrogen-bond donors (Lipinski definition) is 2. The van der Waals surface area contributed by atoms with Crippen molar-refractivity contribution in [1.82, 2.24) is 10.2 Å². The fraction of sp³-hybridized carbons (Fsp3) is 0.889. The van der Waals surface area contributed by atoms with E-state index in [1.54, 1.807) is 0 Å². The molecule has 1 saturated carbocycles. The summed E-state index contributed by atoms with van der Waals surface area (Å²) in [6, 6.07) is -0.206. The highest BCUT2D eigenvalue weighted by atomic mass is 35.5. The third kappa shape index (κ3) is 3.79. The molecule has 1 saturated heterocycles. The number of aliphatic carboxylic acids is 1. The molecular weight excluding hydrogens is 239 g/mol. The normalized spacial score (nSPS) is 23.5. The molecule has 90 valence electrons. The van der Waals surface area contributed by atoms with Crippen LogP contribution in [-0.4, -0.2) is 48.2 Å². The van der Waals surface area contributed by atoms with Gasteiger partial charge in [-0.2, -0.15) is 0 Å². The molecule has 6 heteroatoms.